The quantitative estimate of drug-likeness (QED) is 0.756. The van der Waals surface area contributed by atoms with Crippen LogP contribution in [0.3, 0.4) is 0 Å². The molecule has 16 heavy (non-hydrogen) atoms. The van der Waals surface area contributed by atoms with Crippen molar-refractivity contribution in [2.24, 2.45) is 0 Å². The van der Waals surface area contributed by atoms with Gasteiger partial charge in [-0.15, -0.1) is 0 Å². The molecule has 2 nitrogen and oxygen atoms in total. The average molecular weight is 213 g/mol. The van der Waals surface area contributed by atoms with E-state index in [2.05, 4.69) is 6.58 Å². The molecule has 1 amide bonds. The maximum absolute atomic E-state index is 11.7. The minimum atomic E-state index is 0.189. The van der Waals surface area contributed by atoms with Gasteiger partial charge in [-0.25, -0.2) is 0 Å². The molecule has 0 saturated heterocycles. The highest BCUT2D eigenvalue weighted by Gasteiger charge is 2.17. The van der Waals surface area contributed by atoms with Crippen LogP contribution in [0.4, 0.5) is 0 Å². The number of carbonyl (C=O) groups excluding carboxylic acids is 1. The van der Waals surface area contributed by atoms with Crippen LogP contribution in [0.5, 0.6) is 0 Å². The maximum atomic E-state index is 11.7. The third kappa shape index (κ3) is 2.40. The Morgan fingerprint density at radius 3 is 2.69 bits per heavy atom. The Morgan fingerprint density at radius 1 is 1.25 bits per heavy atom. The van der Waals surface area contributed by atoms with Crippen molar-refractivity contribution >= 4 is 5.91 Å². The fourth-order valence-electron chi connectivity index (χ4n) is 1.80. The van der Waals surface area contributed by atoms with Crippen molar-refractivity contribution in [2.45, 2.75) is 19.4 Å². The Labute approximate surface area is 95.9 Å². The third-order valence-corrected chi connectivity index (χ3v) is 2.73. The van der Waals surface area contributed by atoms with Gasteiger partial charge in [-0.1, -0.05) is 43.0 Å². The molecule has 0 fully saturated rings. The number of nitrogens with zero attached hydrogens (tertiary/aromatic N) is 1. The van der Waals surface area contributed by atoms with E-state index >= 15 is 0 Å². The number of carbonyl (C=O) groups is 1. The number of hydrogen-bond donors (Lipinski definition) is 0. The molecule has 0 unspecified atom stereocenters. The molecular weight excluding hydrogens is 198 g/mol. The first-order valence-electron chi connectivity index (χ1n) is 5.46. The Hall–Kier alpha value is -1.83. The number of hydrogen-bond acceptors (Lipinski definition) is 1. The van der Waals surface area contributed by atoms with Gasteiger partial charge in [-0.3, -0.25) is 4.79 Å². The molecule has 0 N–H and O–H groups in total. The first kappa shape index (κ1) is 10.7. The van der Waals surface area contributed by atoms with Gasteiger partial charge in [0.05, 0.1) is 6.54 Å². The van der Waals surface area contributed by atoms with Crippen molar-refractivity contribution in [3.05, 3.63) is 60.3 Å². The fourth-order valence-corrected chi connectivity index (χ4v) is 1.80. The Bertz CT molecular complexity index is 420. The van der Waals surface area contributed by atoms with Crippen LogP contribution in [-0.4, -0.2) is 10.8 Å². The van der Waals surface area contributed by atoms with Gasteiger partial charge >= 0.3 is 0 Å². The molecule has 0 aliphatic carbocycles. The van der Waals surface area contributed by atoms with E-state index in [0.717, 1.165) is 17.6 Å². The van der Waals surface area contributed by atoms with Crippen LogP contribution in [0, 0.1) is 0 Å². The SMILES string of the molecule is C=CC1=CN(Cc2ccccc2)C(=O)CC1. The lowest BCUT2D eigenvalue weighted by Gasteiger charge is -2.24. The lowest BCUT2D eigenvalue weighted by molar-refractivity contribution is -0.129. The maximum Gasteiger partial charge on any atom is 0.227 e. The van der Waals surface area contributed by atoms with E-state index in [9.17, 15) is 4.79 Å². The number of amides is 1. The number of rotatable bonds is 3. The summed E-state index contributed by atoms with van der Waals surface area (Å²) in [6.07, 6.45) is 5.13. The van der Waals surface area contributed by atoms with Crippen molar-refractivity contribution in [2.75, 3.05) is 0 Å². The molecule has 0 atom stereocenters. The zero-order valence-electron chi connectivity index (χ0n) is 9.23. The van der Waals surface area contributed by atoms with E-state index in [1.807, 2.05) is 42.6 Å². The van der Waals surface area contributed by atoms with Crippen LogP contribution in [0.25, 0.3) is 0 Å². The summed E-state index contributed by atoms with van der Waals surface area (Å²) in [7, 11) is 0. The number of allylic oxidation sites excluding steroid dienone is 2. The van der Waals surface area contributed by atoms with Crippen molar-refractivity contribution < 1.29 is 4.79 Å². The molecule has 0 spiro atoms. The van der Waals surface area contributed by atoms with E-state index < -0.39 is 0 Å². The fraction of sp³-hybridized carbons (Fsp3) is 0.214. The van der Waals surface area contributed by atoms with Gasteiger partial charge in [0.1, 0.15) is 0 Å². The van der Waals surface area contributed by atoms with E-state index in [-0.39, 0.29) is 5.91 Å². The van der Waals surface area contributed by atoms with Gasteiger partial charge in [0, 0.05) is 12.6 Å². The van der Waals surface area contributed by atoms with E-state index in [0.29, 0.717) is 13.0 Å². The molecule has 1 heterocycles. The minimum absolute atomic E-state index is 0.189. The Balaban J connectivity index is 2.14. The highest BCUT2D eigenvalue weighted by atomic mass is 16.2. The second-order valence-electron chi connectivity index (χ2n) is 3.92. The highest BCUT2D eigenvalue weighted by Crippen LogP contribution is 2.18. The summed E-state index contributed by atoms with van der Waals surface area (Å²) < 4.78 is 0. The molecule has 1 aromatic rings. The van der Waals surface area contributed by atoms with Crippen molar-refractivity contribution in [1.82, 2.24) is 4.90 Å². The largest absolute Gasteiger partial charge is 0.314 e. The van der Waals surface area contributed by atoms with Crippen molar-refractivity contribution in [3.8, 4) is 0 Å². The van der Waals surface area contributed by atoms with Gasteiger partial charge in [-0.2, -0.15) is 0 Å². The summed E-state index contributed by atoms with van der Waals surface area (Å²) in [4.78, 5) is 13.5. The lowest BCUT2D eigenvalue weighted by Crippen LogP contribution is -2.28. The second-order valence-corrected chi connectivity index (χ2v) is 3.92. The zero-order chi connectivity index (χ0) is 11.4. The van der Waals surface area contributed by atoms with E-state index in [1.54, 1.807) is 4.90 Å². The van der Waals surface area contributed by atoms with Crippen LogP contribution < -0.4 is 0 Å². The monoisotopic (exact) mass is 213 g/mol. The Kier molecular flexibility index (Phi) is 3.20. The Morgan fingerprint density at radius 2 is 2.00 bits per heavy atom. The first-order chi connectivity index (χ1) is 7.79. The topological polar surface area (TPSA) is 20.3 Å². The van der Waals surface area contributed by atoms with Crippen LogP contribution in [0.15, 0.2) is 54.8 Å². The molecule has 1 aliphatic heterocycles. The molecule has 0 saturated carbocycles. The molecule has 0 bridgehead atoms. The van der Waals surface area contributed by atoms with Gasteiger partial charge in [0.25, 0.3) is 0 Å². The summed E-state index contributed by atoms with van der Waals surface area (Å²) in [6, 6.07) is 10.0. The third-order valence-electron chi connectivity index (χ3n) is 2.73. The van der Waals surface area contributed by atoms with Gasteiger partial charge in [-0.05, 0) is 17.6 Å². The molecule has 1 aromatic carbocycles. The zero-order valence-corrected chi connectivity index (χ0v) is 9.23. The predicted molar refractivity (Wildman–Crippen MR) is 64.5 cm³/mol. The second kappa shape index (κ2) is 4.79. The minimum Gasteiger partial charge on any atom is -0.314 e. The molecular formula is C14H15NO. The summed E-state index contributed by atoms with van der Waals surface area (Å²) >= 11 is 0. The van der Waals surface area contributed by atoms with Crippen molar-refractivity contribution in [3.63, 3.8) is 0 Å². The molecule has 2 heteroatoms. The smallest absolute Gasteiger partial charge is 0.227 e. The van der Waals surface area contributed by atoms with Crippen LogP contribution >= 0.6 is 0 Å². The summed E-state index contributed by atoms with van der Waals surface area (Å²) in [5, 5.41) is 0. The lowest BCUT2D eigenvalue weighted by atomic mass is 10.1. The standard InChI is InChI=1S/C14H15NO/c1-2-12-8-9-14(16)15(10-12)11-13-6-4-3-5-7-13/h2-7,10H,1,8-9,11H2. The normalized spacial score (nSPS) is 15.9. The highest BCUT2D eigenvalue weighted by molar-refractivity contribution is 5.79. The van der Waals surface area contributed by atoms with Gasteiger partial charge < -0.3 is 4.90 Å². The van der Waals surface area contributed by atoms with Gasteiger partial charge in [0.15, 0.2) is 0 Å². The molecule has 1 aliphatic rings. The van der Waals surface area contributed by atoms with E-state index in [1.165, 1.54) is 0 Å². The summed E-state index contributed by atoms with van der Waals surface area (Å²) in [5.41, 5.74) is 2.29. The summed E-state index contributed by atoms with van der Waals surface area (Å²) in [5.74, 6) is 0.189. The van der Waals surface area contributed by atoms with E-state index in [4.69, 9.17) is 0 Å². The molecule has 82 valence electrons. The van der Waals surface area contributed by atoms with Crippen LogP contribution in [0.1, 0.15) is 18.4 Å². The van der Waals surface area contributed by atoms with Gasteiger partial charge in [0.2, 0.25) is 5.91 Å². The molecule has 2 rings (SSSR count). The molecule has 0 aromatic heterocycles. The summed E-state index contributed by atoms with van der Waals surface area (Å²) in [6.45, 7) is 4.39. The van der Waals surface area contributed by atoms with Crippen LogP contribution in [-0.2, 0) is 11.3 Å². The first-order valence-corrected chi connectivity index (χ1v) is 5.46. The number of benzene rings is 1. The molecule has 0 radical (unpaired) electrons. The van der Waals surface area contributed by atoms with Crippen LogP contribution in [0.2, 0.25) is 0 Å². The van der Waals surface area contributed by atoms with Crippen molar-refractivity contribution in [1.29, 1.82) is 0 Å². The predicted octanol–water partition coefficient (Wildman–Crippen LogP) is 2.88. The average Bonchev–Trinajstić information content (AvgIpc) is 2.33.